The van der Waals surface area contributed by atoms with Gasteiger partial charge in [0.15, 0.2) is 8.60 Å². The summed E-state index contributed by atoms with van der Waals surface area (Å²) in [5.41, 5.74) is 0. The predicted octanol–water partition coefficient (Wildman–Crippen LogP) is 7.29. The first-order valence-corrected chi connectivity index (χ1v) is 10.4. The van der Waals surface area contributed by atoms with E-state index in [-0.39, 0.29) is 8.96 Å². The summed E-state index contributed by atoms with van der Waals surface area (Å²) < 4.78 is 15.2. The van der Waals surface area contributed by atoms with E-state index in [9.17, 15) is 0 Å². The molecule has 0 saturated heterocycles. The van der Waals surface area contributed by atoms with Crippen molar-refractivity contribution in [2.75, 3.05) is 13.2 Å². The lowest BCUT2D eigenvalue weighted by atomic mass is 10.1. The fourth-order valence-electron chi connectivity index (χ4n) is 2.06. The van der Waals surface area contributed by atoms with E-state index in [2.05, 4.69) is 18.4 Å². The van der Waals surface area contributed by atoms with E-state index in [1.807, 2.05) is 0 Å². The molecule has 0 amide bonds. The summed E-state index contributed by atoms with van der Waals surface area (Å²) in [7, 11) is 0.983. The number of unbranched alkanes of at least 4 members (excludes halogenated alkanes) is 10. The van der Waals surface area contributed by atoms with Crippen LogP contribution in [0.2, 0.25) is 0 Å². The summed E-state index contributed by atoms with van der Waals surface area (Å²) in [6.07, 6.45) is 15.7. The Morgan fingerprint density at radius 1 is 0.714 bits per heavy atom. The van der Waals surface area contributed by atoms with Crippen LogP contribution in [0, 0.1) is 0 Å². The molecule has 0 saturated carbocycles. The molecule has 126 valence electrons. The van der Waals surface area contributed by atoms with Gasteiger partial charge in [0, 0.05) is 0 Å². The van der Waals surface area contributed by atoms with Gasteiger partial charge in [-0.2, -0.15) is 4.52 Å². The van der Waals surface area contributed by atoms with E-state index in [4.69, 9.17) is 9.05 Å². The standard InChI is InChI=1S/C16H35NO2P2/c1-3-5-7-9-11-13-15-18-20-17-21-19-16-14-12-10-8-6-4-2/h20H,3-16H2,1-2H3. The third-order valence-corrected chi connectivity index (χ3v) is 4.68. The molecule has 0 aromatic rings. The van der Waals surface area contributed by atoms with Gasteiger partial charge in [0.25, 0.3) is 0 Å². The summed E-state index contributed by atoms with van der Waals surface area (Å²) >= 11 is 0. The molecule has 0 radical (unpaired) electrons. The molecule has 0 N–H and O–H groups in total. The third-order valence-electron chi connectivity index (χ3n) is 3.39. The molecule has 0 heterocycles. The van der Waals surface area contributed by atoms with Crippen LogP contribution < -0.4 is 0 Å². The normalized spacial score (nSPS) is 12.1. The van der Waals surface area contributed by atoms with E-state index in [0.29, 0.717) is 0 Å². The smallest absolute Gasteiger partial charge is 0.178 e. The summed E-state index contributed by atoms with van der Waals surface area (Å²) in [5.74, 6) is 0. The van der Waals surface area contributed by atoms with Crippen LogP contribution in [0.15, 0.2) is 4.52 Å². The molecule has 0 fully saturated rings. The number of hydrogen-bond donors (Lipinski definition) is 0. The molecule has 1 unspecified atom stereocenters. The summed E-state index contributed by atoms with van der Waals surface area (Å²) in [6.45, 7) is 6.18. The zero-order valence-corrected chi connectivity index (χ0v) is 16.0. The second-order valence-electron chi connectivity index (χ2n) is 5.49. The SMILES string of the molecule is CCCCCCCCOP=NPOCCCCCCCC. The van der Waals surface area contributed by atoms with Crippen LogP contribution in [-0.4, -0.2) is 13.2 Å². The van der Waals surface area contributed by atoms with Crippen molar-refractivity contribution >= 4 is 17.6 Å². The molecule has 1 atom stereocenters. The van der Waals surface area contributed by atoms with Crippen LogP contribution in [0.4, 0.5) is 0 Å². The summed E-state index contributed by atoms with van der Waals surface area (Å²) in [6, 6.07) is 0. The molecule has 0 aliphatic carbocycles. The Bertz CT molecular complexity index is 216. The average Bonchev–Trinajstić information content (AvgIpc) is 2.50. The zero-order valence-electron chi connectivity index (χ0n) is 14.1. The quantitative estimate of drug-likeness (QED) is 0.206. The minimum atomic E-state index is 0.244. The van der Waals surface area contributed by atoms with Gasteiger partial charge in [-0.1, -0.05) is 78.1 Å². The van der Waals surface area contributed by atoms with Gasteiger partial charge in [0.1, 0.15) is 8.96 Å². The van der Waals surface area contributed by atoms with Gasteiger partial charge in [-0.05, 0) is 12.8 Å². The highest BCUT2D eigenvalue weighted by molar-refractivity contribution is 7.39. The fraction of sp³-hybridized carbons (Fsp3) is 1.00. The maximum atomic E-state index is 5.49. The lowest BCUT2D eigenvalue weighted by molar-refractivity contribution is 0.342. The molecule has 0 aromatic carbocycles. The molecule has 0 spiro atoms. The molecule has 21 heavy (non-hydrogen) atoms. The van der Waals surface area contributed by atoms with Gasteiger partial charge in [-0.3, -0.25) is 0 Å². The zero-order chi connectivity index (χ0) is 15.4. The first-order chi connectivity index (χ1) is 10.4. The van der Waals surface area contributed by atoms with Crippen LogP contribution in [0.25, 0.3) is 0 Å². The number of nitrogens with zero attached hydrogens (tertiary/aromatic N) is 1. The Kier molecular flexibility index (Phi) is 20.9. The van der Waals surface area contributed by atoms with E-state index < -0.39 is 0 Å². The number of rotatable bonds is 17. The van der Waals surface area contributed by atoms with Gasteiger partial charge in [0.05, 0.1) is 13.2 Å². The third kappa shape index (κ3) is 20.4. The monoisotopic (exact) mass is 335 g/mol. The molecule has 0 aromatic heterocycles. The predicted molar refractivity (Wildman–Crippen MR) is 96.3 cm³/mol. The van der Waals surface area contributed by atoms with Gasteiger partial charge in [0.2, 0.25) is 0 Å². The summed E-state index contributed by atoms with van der Waals surface area (Å²) in [5, 5.41) is 0. The Hall–Kier alpha value is 0.450. The van der Waals surface area contributed by atoms with Crippen LogP contribution in [0.5, 0.6) is 0 Å². The molecule has 0 aliphatic rings. The van der Waals surface area contributed by atoms with Crippen molar-refractivity contribution < 1.29 is 9.05 Å². The van der Waals surface area contributed by atoms with Crippen LogP contribution >= 0.6 is 17.6 Å². The Balaban J connectivity index is 3.02. The highest BCUT2D eigenvalue weighted by atomic mass is 31.1. The van der Waals surface area contributed by atoms with Crippen molar-refractivity contribution in [1.29, 1.82) is 0 Å². The lowest BCUT2D eigenvalue weighted by Crippen LogP contribution is -1.86. The van der Waals surface area contributed by atoms with Gasteiger partial charge < -0.3 is 9.05 Å². The molecule has 5 heteroatoms. The Morgan fingerprint density at radius 2 is 1.24 bits per heavy atom. The van der Waals surface area contributed by atoms with E-state index in [1.165, 1.54) is 70.6 Å². The van der Waals surface area contributed by atoms with Crippen molar-refractivity contribution in [2.24, 2.45) is 4.52 Å². The van der Waals surface area contributed by atoms with Crippen molar-refractivity contribution in [1.82, 2.24) is 0 Å². The molecule has 3 nitrogen and oxygen atoms in total. The minimum absolute atomic E-state index is 0.244. The summed E-state index contributed by atoms with van der Waals surface area (Å²) in [4.78, 5) is 0. The van der Waals surface area contributed by atoms with E-state index in [1.54, 1.807) is 0 Å². The topological polar surface area (TPSA) is 30.8 Å². The highest BCUT2D eigenvalue weighted by Crippen LogP contribution is 2.21. The largest absolute Gasteiger partial charge is 0.340 e. The Morgan fingerprint density at radius 3 is 1.86 bits per heavy atom. The molecular formula is C16H35NO2P2. The van der Waals surface area contributed by atoms with E-state index >= 15 is 0 Å². The number of hydrogen-bond acceptors (Lipinski definition) is 3. The van der Waals surface area contributed by atoms with Crippen molar-refractivity contribution in [2.45, 2.75) is 90.9 Å². The van der Waals surface area contributed by atoms with Crippen molar-refractivity contribution in [3.63, 3.8) is 0 Å². The van der Waals surface area contributed by atoms with Crippen molar-refractivity contribution in [3.05, 3.63) is 0 Å². The van der Waals surface area contributed by atoms with Crippen LogP contribution in [0.1, 0.15) is 90.9 Å². The van der Waals surface area contributed by atoms with Crippen LogP contribution in [-0.2, 0) is 9.05 Å². The second kappa shape index (κ2) is 20.5. The van der Waals surface area contributed by atoms with E-state index in [0.717, 1.165) is 28.2 Å². The lowest BCUT2D eigenvalue weighted by Gasteiger charge is -2.01. The van der Waals surface area contributed by atoms with Crippen LogP contribution in [0.3, 0.4) is 0 Å². The molecule has 0 aliphatic heterocycles. The second-order valence-corrected chi connectivity index (χ2v) is 7.18. The van der Waals surface area contributed by atoms with Gasteiger partial charge in [-0.25, -0.2) is 0 Å². The molecular weight excluding hydrogens is 300 g/mol. The highest BCUT2D eigenvalue weighted by Gasteiger charge is 1.91. The van der Waals surface area contributed by atoms with Gasteiger partial charge >= 0.3 is 0 Å². The fourth-order valence-corrected chi connectivity index (χ4v) is 3.10. The molecule has 0 bridgehead atoms. The van der Waals surface area contributed by atoms with Crippen molar-refractivity contribution in [3.8, 4) is 0 Å². The first kappa shape index (κ1) is 21.4. The average molecular weight is 335 g/mol. The maximum absolute atomic E-state index is 5.49. The maximum Gasteiger partial charge on any atom is 0.178 e. The first-order valence-electron chi connectivity index (χ1n) is 8.80. The Labute approximate surface area is 135 Å². The minimum Gasteiger partial charge on any atom is -0.340 e. The molecule has 0 rings (SSSR count). The van der Waals surface area contributed by atoms with Gasteiger partial charge in [-0.15, -0.1) is 0 Å².